The molecule has 6 bridgehead atoms. The van der Waals surface area contributed by atoms with Crippen LogP contribution >= 0.6 is 0 Å². The number of aromatic nitrogens is 2. The lowest BCUT2D eigenvalue weighted by molar-refractivity contribution is -0.155. The molecule has 2 fully saturated rings. The number of methoxy groups -OCH3 is 1. The molecule has 2 aromatic carbocycles. The third kappa shape index (κ3) is 9.09. The standard InChI is InChI=1S/C48H62N6O8/c1-9-53-40-15-14-30-24-36(40)37(43(53)35-12-10-16-49-41(35)28(4)61-8)25-48(5,6)26-62-47(60)38-13-11-17-54(51-38)46(59)39(20-29-18-31(30)21-33(55)19-29)50-44(57)42(27(2)3)52(7)45(58)32-22-34(56)23-32/h10,12,14-16,18-19,21,24,27-28,32,34,38-39,42,51,55-56H,9,11,13,17,20,22-23,25-26H2,1-8H3,(H,50,57)/t28-,32-,34+,38-,39-,42-/m0/s1. The molecule has 3 aliphatic rings. The Kier molecular flexibility index (Phi) is 13.1. The van der Waals surface area contributed by atoms with E-state index in [4.69, 9.17) is 14.5 Å². The van der Waals surface area contributed by atoms with E-state index in [0.29, 0.717) is 50.8 Å². The number of hydrogen-bond donors (Lipinski definition) is 4. The number of rotatable bonds is 9. The second-order valence-corrected chi connectivity index (χ2v) is 18.5. The first kappa shape index (κ1) is 44.7. The van der Waals surface area contributed by atoms with Crippen LogP contribution in [-0.4, -0.2) is 105 Å². The van der Waals surface area contributed by atoms with Gasteiger partial charge >= 0.3 is 5.97 Å². The minimum absolute atomic E-state index is 0.00163. The fourth-order valence-corrected chi connectivity index (χ4v) is 9.46. The van der Waals surface area contributed by atoms with E-state index in [2.05, 4.69) is 54.3 Å². The van der Waals surface area contributed by atoms with Gasteiger partial charge in [0.2, 0.25) is 11.8 Å². The van der Waals surface area contributed by atoms with E-state index >= 15 is 0 Å². The van der Waals surface area contributed by atoms with Gasteiger partial charge in [0, 0.05) is 67.7 Å². The van der Waals surface area contributed by atoms with Crippen molar-refractivity contribution in [1.29, 1.82) is 0 Å². The highest BCUT2D eigenvalue weighted by Crippen LogP contribution is 2.42. The van der Waals surface area contributed by atoms with Crippen LogP contribution in [0.15, 0.2) is 54.7 Å². The van der Waals surface area contributed by atoms with E-state index in [-0.39, 0.29) is 42.6 Å². The number of likely N-dealkylation sites (N-methyl/N-ethyl adjacent to an activating group) is 1. The molecule has 1 aliphatic carbocycles. The van der Waals surface area contributed by atoms with Gasteiger partial charge in [0.1, 0.15) is 23.9 Å². The summed E-state index contributed by atoms with van der Waals surface area (Å²) in [5.41, 5.74) is 9.60. The molecule has 7 rings (SSSR count). The molecule has 2 aliphatic heterocycles. The summed E-state index contributed by atoms with van der Waals surface area (Å²) in [6.45, 7) is 13.0. The van der Waals surface area contributed by atoms with Crippen molar-refractivity contribution in [3.05, 3.63) is 71.5 Å². The summed E-state index contributed by atoms with van der Waals surface area (Å²) in [6, 6.07) is 12.6. The maximum absolute atomic E-state index is 14.6. The Hall–Kier alpha value is -5.31. The molecule has 0 unspecified atom stereocenters. The van der Waals surface area contributed by atoms with Crippen LogP contribution in [-0.2, 0) is 48.0 Å². The van der Waals surface area contributed by atoms with Gasteiger partial charge in [0.05, 0.1) is 30.2 Å². The number of hydrazine groups is 1. The Bertz CT molecular complexity index is 2330. The third-order valence-electron chi connectivity index (χ3n) is 12.8. The number of cyclic esters (lactones) is 1. The lowest BCUT2D eigenvalue weighted by Gasteiger charge is -2.38. The highest BCUT2D eigenvalue weighted by molar-refractivity contribution is 5.96. The molecule has 14 nitrogen and oxygen atoms in total. The van der Waals surface area contributed by atoms with Crippen molar-refractivity contribution in [2.24, 2.45) is 17.3 Å². The molecule has 0 radical (unpaired) electrons. The lowest BCUT2D eigenvalue weighted by Crippen LogP contribution is -2.62. The molecule has 4 atom stereocenters. The zero-order valence-electron chi connectivity index (χ0n) is 37.2. The van der Waals surface area contributed by atoms with E-state index in [1.165, 1.54) is 9.91 Å². The predicted molar refractivity (Wildman–Crippen MR) is 235 cm³/mol. The number of ether oxygens (including phenoxy) is 2. The van der Waals surface area contributed by atoms with Crippen LogP contribution in [0.25, 0.3) is 33.3 Å². The summed E-state index contributed by atoms with van der Waals surface area (Å²) in [7, 11) is 3.26. The number of aliphatic hydroxyl groups is 1. The maximum atomic E-state index is 14.6. The number of aromatic hydroxyl groups is 1. The zero-order chi connectivity index (χ0) is 44.6. The number of phenols is 1. The van der Waals surface area contributed by atoms with Crippen LogP contribution in [0.4, 0.5) is 0 Å². The number of carbonyl (C=O) groups is 4. The Labute approximate surface area is 363 Å². The summed E-state index contributed by atoms with van der Waals surface area (Å²) in [6.07, 6.45) is 3.19. The first-order valence-electron chi connectivity index (χ1n) is 22.0. The van der Waals surface area contributed by atoms with Gasteiger partial charge in [-0.2, -0.15) is 0 Å². The van der Waals surface area contributed by atoms with E-state index in [1.807, 2.05) is 39.0 Å². The van der Waals surface area contributed by atoms with Crippen LogP contribution < -0.4 is 10.7 Å². The van der Waals surface area contributed by atoms with Crippen LogP contribution in [0, 0.1) is 17.3 Å². The highest BCUT2D eigenvalue weighted by atomic mass is 16.5. The maximum Gasteiger partial charge on any atom is 0.324 e. The minimum Gasteiger partial charge on any atom is -0.508 e. The molecule has 4 N–H and O–H groups in total. The number of nitrogens with one attached hydrogen (secondary N) is 2. The molecule has 1 saturated carbocycles. The number of aliphatic hydroxyl groups excluding tert-OH is 1. The Morgan fingerprint density at radius 3 is 2.55 bits per heavy atom. The van der Waals surface area contributed by atoms with E-state index in [1.54, 1.807) is 32.5 Å². The van der Waals surface area contributed by atoms with Crippen molar-refractivity contribution in [2.45, 2.75) is 117 Å². The van der Waals surface area contributed by atoms with Crippen LogP contribution in [0.3, 0.4) is 0 Å². The number of amides is 3. The quantitative estimate of drug-likeness (QED) is 0.153. The van der Waals surface area contributed by atoms with Crippen LogP contribution in [0.1, 0.15) is 90.2 Å². The number of pyridine rings is 1. The predicted octanol–water partition coefficient (Wildman–Crippen LogP) is 5.71. The molecular formula is C48H62N6O8. The summed E-state index contributed by atoms with van der Waals surface area (Å²) in [5, 5.41) is 26.5. The van der Waals surface area contributed by atoms with Crippen molar-refractivity contribution < 1.29 is 38.9 Å². The van der Waals surface area contributed by atoms with E-state index < -0.39 is 47.4 Å². The number of fused-ring (bicyclic) bond motifs is 6. The summed E-state index contributed by atoms with van der Waals surface area (Å²) >= 11 is 0. The number of nitrogens with zero attached hydrogens (tertiary/aromatic N) is 4. The molecule has 62 heavy (non-hydrogen) atoms. The highest BCUT2D eigenvalue weighted by Gasteiger charge is 2.41. The average Bonchev–Trinajstić information content (AvgIpc) is 3.54. The molecule has 332 valence electrons. The summed E-state index contributed by atoms with van der Waals surface area (Å²) in [4.78, 5) is 62.4. The first-order valence-corrected chi connectivity index (χ1v) is 22.0. The van der Waals surface area contributed by atoms with Crippen LogP contribution in [0.2, 0.25) is 0 Å². The molecule has 4 heterocycles. The van der Waals surface area contributed by atoms with E-state index in [0.717, 1.165) is 44.5 Å². The smallest absolute Gasteiger partial charge is 0.324 e. The summed E-state index contributed by atoms with van der Waals surface area (Å²) < 4.78 is 14.2. The first-order chi connectivity index (χ1) is 29.5. The van der Waals surface area contributed by atoms with Gasteiger partial charge in [-0.15, -0.1) is 0 Å². The lowest BCUT2D eigenvalue weighted by atomic mass is 9.81. The molecule has 2 aromatic heterocycles. The normalized spacial score (nSPS) is 22.6. The van der Waals surface area contributed by atoms with Gasteiger partial charge in [-0.05, 0) is 111 Å². The second kappa shape index (κ2) is 18.2. The van der Waals surface area contributed by atoms with Gasteiger partial charge in [-0.1, -0.05) is 39.8 Å². The number of phenolic OH excluding ortho intramolecular Hbond substituents is 1. The number of benzene rings is 2. The van der Waals surface area contributed by atoms with E-state index in [9.17, 15) is 29.4 Å². The van der Waals surface area contributed by atoms with Gasteiger partial charge in [0.15, 0.2) is 0 Å². The van der Waals surface area contributed by atoms with Gasteiger partial charge in [0.25, 0.3) is 5.91 Å². The topological polar surface area (TPSA) is 176 Å². The zero-order valence-corrected chi connectivity index (χ0v) is 37.2. The van der Waals surface area contributed by atoms with Gasteiger partial charge in [-0.3, -0.25) is 29.2 Å². The second-order valence-electron chi connectivity index (χ2n) is 18.5. The number of esters is 1. The number of carbonyl (C=O) groups excluding carboxylic acids is 4. The average molecular weight is 851 g/mol. The molecule has 1 saturated heterocycles. The molecule has 0 spiro atoms. The largest absolute Gasteiger partial charge is 0.508 e. The molecule has 4 aromatic rings. The van der Waals surface area contributed by atoms with Crippen molar-refractivity contribution >= 4 is 34.6 Å². The van der Waals surface area contributed by atoms with Crippen LogP contribution in [0.5, 0.6) is 5.75 Å². The SMILES string of the molecule is CCn1c(-c2cccnc2[C@H](C)OC)c2c3cc(ccc31)-c1cc(O)cc(c1)C[C@H](NC(=O)[C@H](C(C)C)N(C)C(=O)[C@H]1C[C@@H](O)C1)C(=O)N1CCC[C@H](N1)C(=O)OCC(C)(C)C2. The molecule has 14 heteroatoms. The van der Waals surface area contributed by atoms with Crippen molar-refractivity contribution in [1.82, 2.24) is 30.2 Å². The monoisotopic (exact) mass is 850 g/mol. The fraction of sp³-hybridized carbons (Fsp3) is 0.521. The summed E-state index contributed by atoms with van der Waals surface area (Å²) in [5.74, 6) is -2.34. The Balaban J connectivity index is 1.34. The third-order valence-corrected chi connectivity index (χ3v) is 12.8. The Morgan fingerprint density at radius 1 is 1.10 bits per heavy atom. The fourth-order valence-electron chi connectivity index (χ4n) is 9.46. The van der Waals surface area contributed by atoms with Crippen molar-refractivity contribution in [3.63, 3.8) is 0 Å². The van der Waals surface area contributed by atoms with Crippen molar-refractivity contribution in [3.8, 4) is 28.1 Å². The van der Waals surface area contributed by atoms with Gasteiger partial charge in [-0.25, -0.2) is 5.43 Å². The minimum atomic E-state index is -1.13. The number of hydrogen-bond acceptors (Lipinski definition) is 10. The van der Waals surface area contributed by atoms with Crippen molar-refractivity contribution in [2.75, 3.05) is 27.3 Å². The van der Waals surface area contributed by atoms with Gasteiger partial charge < -0.3 is 34.5 Å². The molecular weight excluding hydrogens is 789 g/mol. The molecule has 3 amide bonds. The number of aryl methyl sites for hydroxylation is 1. The Morgan fingerprint density at radius 2 is 1.85 bits per heavy atom.